The minimum atomic E-state index is -3.96. The monoisotopic (exact) mass is 613 g/mol. The first kappa shape index (κ1) is 30.5. The molecule has 2 aromatic heterocycles. The van der Waals surface area contributed by atoms with Gasteiger partial charge in [-0.1, -0.05) is 6.08 Å². The van der Waals surface area contributed by atoms with Crippen molar-refractivity contribution in [1.29, 1.82) is 0 Å². The van der Waals surface area contributed by atoms with E-state index in [0.29, 0.717) is 17.5 Å². The van der Waals surface area contributed by atoms with Gasteiger partial charge >= 0.3 is 6.09 Å². The Balaban J connectivity index is 1.68. The van der Waals surface area contributed by atoms with E-state index in [0.717, 1.165) is 24.0 Å². The average Bonchev–Trinajstić information content (AvgIpc) is 3.47. The molecule has 0 spiro atoms. The summed E-state index contributed by atoms with van der Waals surface area (Å²) >= 11 is 0. The number of benzene rings is 1. The molecule has 0 bridgehead atoms. The molecular weight excluding hydrogens is 574 g/mol. The molecule has 2 N–H and O–H groups in total. The summed E-state index contributed by atoms with van der Waals surface area (Å²) in [4.78, 5) is 36.9. The number of aromatic amines is 1. The van der Waals surface area contributed by atoms with Crippen molar-refractivity contribution in [3.63, 3.8) is 0 Å². The molecule has 1 aliphatic heterocycles. The van der Waals surface area contributed by atoms with Gasteiger partial charge in [-0.2, -0.15) is 5.10 Å². The lowest BCUT2D eigenvalue weighted by Gasteiger charge is -2.34. The third kappa shape index (κ3) is 6.54. The van der Waals surface area contributed by atoms with Gasteiger partial charge in [0.15, 0.2) is 0 Å². The largest absolute Gasteiger partial charge is 0.444 e. The van der Waals surface area contributed by atoms with Crippen LogP contribution in [-0.2, 0) is 33.2 Å². The highest BCUT2D eigenvalue weighted by molar-refractivity contribution is 7.89. The second kappa shape index (κ2) is 11.0. The third-order valence-corrected chi connectivity index (χ3v) is 9.22. The second-order valence-corrected chi connectivity index (χ2v) is 14.3. The van der Waals surface area contributed by atoms with E-state index in [9.17, 15) is 18.0 Å². The molecule has 1 atom stereocenters. The maximum absolute atomic E-state index is 14.1. The number of rotatable bonds is 7. The third-order valence-electron chi connectivity index (χ3n) is 7.60. The van der Waals surface area contributed by atoms with Gasteiger partial charge in [0.05, 0.1) is 28.5 Å². The number of hydrogen-bond acceptors (Lipinski definition) is 8. The Morgan fingerprint density at radius 3 is 2.58 bits per heavy atom. The first-order chi connectivity index (χ1) is 20.1. The van der Waals surface area contributed by atoms with Gasteiger partial charge in [0, 0.05) is 42.5 Å². The fourth-order valence-corrected chi connectivity index (χ4v) is 6.67. The van der Waals surface area contributed by atoms with Crippen molar-refractivity contribution >= 4 is 32.6 Å². The molecule has 2 aliphatic rings. The fraction of sp³-hybridized carbons (Fsp3) is 0.517. The normalized spacial score (nSPS) is 19.0. The number of aromatic nitrogens is 4. The van der Waals surface area contributed by atoms with E-state index in [4.69, 9.17) is 9.57 Å². The Kier molecular flexibility index (Phi) is 7.80. The summed E-state index contributed by atoms with van der Waals surface area (Å²) in [5.74, 6) is 0. The number of carbonyl (C=O) groups is 1. The van der Waals surface area contributed by atoms with Gasteiger partial charge in [0.25, 0.3) is 5.56 Å². The summed E-state index contributed by atoms with van der Waals surface area (Å²) < 4.78 is 38.6. The van der Waals surface area contributed by atoms with Gasteiger partial charge in [-0.25, -0.2) is 17.9 Å². The molecule has 5 rings (SSSR count). The zero-order valence-electron chi connectivity index (χ0n) is 25.6. The molecule has 14 heteroatoms. The summed E-state index contributed by atoms with van der Waals surface area (Å²) in [5.41, 5.74) is 1.06. The molecule has 0 unspecified atom stereocenters. The van der Waals surface area contributed by atoms with Gasteiger partial charge in [0.2, 0.25) is 15.6 Å². The number of nitrogens with zero attached hydrogens (tertiary/aromatic N) is 5. The molecule has 1 aliphatic carbocycles. The summed E-state index contributed by atoms with van der Waals surface area (Å²) in [5, 5.41) is 8.45. The van der Waals surface area contributed by atoms with Crippen molar-refractivity contribution in [2.45, 2.75) is 82.5 Å². The molecule has 1 saturated carbocycles. The van der Waals surface area contributed by atoms with Crippen molar-refractivity contribution in [2.24, 2.45) is 12.2 Å². The van der Waals surface area contributed by atoms with Crippen molar-refractivity contribution in [1.82, 2.24) is 29.0 Å². The number of amides is 1. The molecule has 1 amide bonds. The lowest BCUT2D eigenvalue weighted by Crippen LogP contribution is -2.44. The van der Waals surface area contributed by atoms with Crippen molar-refractivity contribution in [2.75, 3.05) is 13.7 Å². The van der Waals surface area contributed by atoms with E-state index in [1.165, 1.54) is 17.7 Å². The molecular formula is C29H39N7O6S. The Morgan fingerprint density at radius 1 is 1.28 bits per heavy atom. The Labute approximate surface area is 250 Å². The zero-order valence-corrected chi connectivity index (χ0v) is 26.4. The van der Waals surface area contributed by atoms with Crippen LogP contribution in [0.25, 0.3) is 16.5 Å². The molecule has 3 heterocycles. The van der Waals surface area contributed by atoms with Gasteiger partial charge in [0.1, 0.15) is 12.7 Å². The molecule has 232 valence electrons. The van der Waals surface area contributed by atoms with E-state index >= 15 is 0 Å². The molecule has 1 fully saturated rings. The summed E-state index contributed by atoms with van der Waals surface area (Å²) in [6.45, 7) is 9.60. The van der Waals surface area contributed by atoms with Gasteiger partial charge in [-0.05, 0) is 76.7 Å². The maximum atomic E-state index is 14.1. The van der Waals surface area contributed by atoms with E-state index in [1.54, 1.807) is 35.1 Å². The quantitative estimate of drug-likeness (QED) is 0.389. The first-order valence-electron chi connectivity index (χ1n) is 14.2. The number of fused-ring (bicyclic) bond motifs is 1. The van der Waals surface area contributed by atoms with E-state index in [1.807, 2.05) is 40.7 Å². The summed E-state index contributed by atoms with van der Waals surface area (Å²) in [7, 11) is -0.797. The van der Waals surface area contributed by atoms with Crippen LogP contribution in [0.5, 0.6) is 0 Å². The predicted octanol–water partition coefficient (Wildman–Crippen LogP) is 2.82. The van der Waals surface area contributed by atoms with Crippen LogP contribution in [0.4, 0.5) is 4.79 Å². The lowest BCUT2D eigenvalue weighted by molar-refractivity contribution is 0.0199. The first-order valence-corrected chi connectivity index (χ1v) is 15.7. The average molecular weight is 614 g/mol. The van der Waals surface area contributed by atoms with Gasteiger partial charge in [-0.3, -0.25) is 14.0 Å². The highest BCUT2D eigenvalue weighted by Crippen LogP contribution is 2.37. The van der Waals surface area contributed by atoms with E-state index < -0.39 is 32.8 Å². The van der Waals surface area contributed by atoms with Crippen molar-refractivity contribution < 1.29 is 22.8 Å². The van der Waals surface area contributed by atoms with Crippen LogP contribution in [0.15, 0.2) is 45.4 Å². The van der Waals surface area contributed by atoms with Crippen LogP contribution < -0.4 is 15.9 Å². The van der Waals surface area contributed by atoms with Crippen LogP contribution >= 0.6 is 0 Å². The van der Waals surface area contributed by atoms with Crippen LogP contribution in [0.2, 0.25) is 0 Å². The highest BCUT2D eigenvalue weighted by atomic mass is 32.2. The van der Waals surface area contributed by atoms with Crippen LogP contribution in [0.3, 0.4) is 0 Å². The Morgan fingerprint density at radius 2 is 2.00 bits per heavy atom. The number of nitrogens with one attached hydrogen (secondary N) is 2. The van der Waals surface area contributed by atoms with E-state index in [-0.39, 0.29) is 35.0 Å². The molecule has 13 nitrogen and oxygen atoms in total. The topological polar surface area (TPSA) is 153 Å². The summed E-state index contributed by atoms with van der Waals surface area (Å²) in [6.07, 6.45) is 6.75. The molecule has 1 aromatic carbocycles. The number of H-pyrrole nitrogens is 1. The maximum Gasteiger partial charge on any atom is 0.410 e. The van der Waals surface area contributed by atoms with Crippen LogP contribution in [0.1, 0.15) is 65.0 Å². The number of aryl methyl sites for hydroxylation is 1. The smallest absolute Gasteiger partial charge is 0.410 e. The molecule has 0 saturated heterocycles. The highest BCUT2D eigenvalue weighted by Gasteiger charge is 2.41. The van der Waals surface area contributed by atoms with Gasteiger partial charge < -0.3 is 19.5 Å². The minimum absolute atomic E-state index is 0.0129. The Hall–Kier alpha value is -3.91. The van der Waals surface area contributed by atoms with Gasteiger partial charge in [-0.15, -0.1) is 0 Å². The summed E-state index contributed by atoms with van der Waals surface area (Å²) in [6, 6.07) is 2.74. The van der Waals surface area contributed by atoms with Crippen LogP contribution in [-0.4, -0.2) is 69.6 Å². The fourth-order valence-electron chi connectivity index (χ4n) is 5.16. The van der Waals surface area contributed by atoms with Crippen molar-refractivity contribution in [3.05, 3.63) is 57.7 Å². The molecule has 43 heavy (non-hydrogen) atoms. The predicted molar refractivity (Wildman–Crippen MR) is 160 cm³/mol. The number of hydrogen-bond donors (Lipinski definition) is 2. The number of carbonyl (C=O) groups excluding carboxylic acids is 1. The molecule has 0 radical (unpaired) electrons. The lowest BCUT2D eigenvalue weighted by atomic mass is 9.93. The number of ether oxygens (including phenoxy) is 1. The Bertz CT molecular complexity index is 1840. The zero-order chi connectivity index (χ0) is 31.3. The standard InChI is InChI=1S/C29H39N7O6S/c1-18-12-20(8-11-35(18)27(38)42-28(2,3)4)22-13-21(43(39,40)33-29(5)9-10-29)14-23-24(22)31-26(32-41-7)36(25(23)37)17-19-15-30-34(6)16-19/h8,13-16,18,33H,9-12,17H2,1-7H3,(H,31,32)/t18-/m1/s1. The SMILES string of the molecule is CO/N=c1\[nH]c2c(C3=CCN(C(=O)OC(C)(C)C)[C@H](C)C3)cc(S(=O)(=O)NC3(C)CC3)cc2c(=O)n1Cc1cnn(C)c1. The van der Waals surface area contributed by atoms with Crippen LogP contribution in [0, 0.1) is 0 Å². The minimum Gasteiger partial charge on any atom is -0.444 e. The number of sulfonamides is 1. The molecule has 3 aromatic rings. The second-order valence-electron chi connectivity index (χ2n) is 12.6. The van der Waals surface area contributed by atoms with E-state index in [2.05, 4.69) is 20.0 Å². The van der Waals surface area contributed by atoms with Crippen molar-refractivity contribution in [3.8, 4) is 0 Å².